The lowest BCUT2D eigenvalue weighted by Gasteiger charge is -2.42. The van der Waals surface area contributed by atoms with Crippen molar-refractivity contribution < 1.29 is 87.2 Å². The summed E-state index contributed by atoms with van der Waals surface area (Å²) in [6.07, 6.45) is -7.88. The van der Waals surface area contributed by atoms with Gasteiger partial charge in [0.25, 0.3) is 0 Å². The van der Waals surface area contributed by atoms with Gasteiger partial charge in [-0.05, 0) is 5.56 Å². The van der Waals surface area contributed by atoms with Crippen molar-refractivity contribution in [2.45, 2.75) is 53.6 Å². The van der Waals surface area contributed by atoms with Crippen molar-refractivity contribution in [3.05, 3.63) is 35.9 Å². The first-order chi connectivity index (χ1) is 15.6. The van der Waals surface area contributed by atoms with Crippen molar-refractivity contribution in [1.29, 1.82) is 0 Å². The van der Waals surface area contributed by atoms with Crippen molar-refractivity contribution in [2.75, 3.05) is 0 Å². The predicted molar refractivity (Wildman–Crippen MR) is 80.8 cm³/mol. The largest absolute Gasteiger partial charge is 0.460 e. The molecule has 0 amide bonds. The highest BCUT2D eigenvalue weighted by atomic mass is 32.2. The van der Waals surface area contributed by atoms with Crippen molar-refractivity contribution in [3.8, 4) is 0 Å². The van der Waals surface area contributed by atoms with E-state index in [1.165, 1.54) is 6.07 Å². The van der Waals surface area contributed by atoms with Gasteiger partial charge < -0.3 is 0 Å². The number of hydrogen-bond acceptors (Lipinski definition) is 3. The molecule has 210 valence electrons. The normalized spacial score (nSPS) is 15.8. The second-order valence-corrected chi connectivity index (χ2v) is 8.32. The third-order valence-corrected chi connectivity index (χ3v) is 5.54. The molecule has 0 aliphatic rings. The molecule has 0 aliphatic heterocycles. The molecular formula is C15H7F17O3S. The first-order valence-electron chi connectivity index (χ1n) is 8.22. The molecule has 0 heterocycles. The van der Waals surface area contributed by atoms with E-state index in [1.807, 2.05) is 0 Å². The highest BCUT2D eigenvalue weighted by Crippen LogP contribution is 2.64. The lowest BCUT2D eigenvalue weighted by molar-refractivity contribution is -0.458. The van der Waals surface area contributed by atoms with Gasteiger partial charge in [0.05, 0.1) is 6.61 Å². The maximum atomic E-state index is 13.8. The van der Waals surface area contributed by atoms with Crippen LogP contribution < -0.4 is 0 Å². The van der Waals surface area contributed by atoms with Crippen LogP contribution in [0.3, 0.4) is 0 Å². The van der Waals surface area contributed by atoms with Gasteiger partial charge in [0.2, 0.25) is 0 Å². The van der Waals surface area contributed by atoms with Gasteiger partial charge in [0.1, 0.15) is 0 Å². The Balaban J connectivity index is 3.58. The van der Waals surface area contributed by atoms with Gasteiger partial charge in [-0.15, -0.1) is 0 Å². The first-order valence-corrected chi connectivity index (χ1v) is 9.63. The van der Waals surface area contributed by atoms with E-state index in [0.717, 1.165) is 24.3 Å². The Kier molecular flexibility index (Phi) is 7.78. The fourth-order valence-corrected chi connectivity index (χ4v) is 2.98. The molecule has 0 fully saturated rings. The van der Waals surface area contributed by atoms with Crippen molar-refractivity contribution in [3.63, 3.8) is 0 Å². The molecule has 36 heavy (non-hydrogen) atoms. The molecule has 0 radical (unpaired) electrons. The highest BCUT2D eigenvalue weighted by Gasteiger charge is 2.96. The molecule has 3 nitrogen and oxygen atoms in total. The van der Waals surface area contributed by atoms with Gasteiger partial charge in [0.15, 0.2) is 0 Å². The SMILES string of the molecule is O=S(=O)(OCc1ccccc1)C(F)(F)C(F)(F)C(F)(F)C(F)(F)C(F)(F)C(F)(F)C(F)(F)C(F)(F)F. The molecule has 0 aromatic heterocycles. The summed E-state index contributed by atoms with van der Waals surface area (Å²) in [6, 6.07) is 5.00. The topological polar surface area (TPSA) is 43.4 Å². The summed E-state index contributed by atoms with van der Waals surface area (Å²) >= 11 is 0. The summed E-state index contributed by atoms with van der Waals surface area (Å²) in [5, 5.41) is -7.68. The molecule has 0 atom stereocenters. The zero-order chi connectivity index (χ0) is 29.0. The Morgan fingerprint density at radius 3 is 1.22 bits per heavy atom. The predicted octanol–water partition coefficient (Wildman–Crippen LogP) is 6.50. The Bertz CT molecular complexity index is 1030. The standard InChI is InChI=1S/C15H7F17O3S/c16-8(17,10(20,21)12(24,25)14(28,29)30)9(18,19)11(22,23)13(26,27)15(31,32)36(33,34)35-6-7-4-2-1-3-5-7/h1-5H,6H2. The van der Waals surface area contributed by atoms with E-state index in [4.69, 9.17) is 0 Å². The zero-order valence-electron chi connectivity index (χ0n) is 16.2. The quantitative estimate of drug-likeness (QED) is 0.231. The molecule has 0 saturated carbocycles. The third-order valence-electron chi connectivity index (χ3n) is 4.23. The van der Waals surface area contributed by atoms with Crippen LogP contribution in [0.15, 0.2) is 30.3 Å². The molecule has 0 N–H and O–H groups in total. The maximum Gasteiger partial charge on any atom is 0.460 e. The summed E-state index contributed by atoms with van der Waals surface area (Å²) in [6.45, 7) is -1.69. The first kappa shape index (κ1) is 32.0. The molecule has 21 heteroatoms. The van der Waals surface area contributed by atoms with Crippen LogP contribution in [0, 0.1) is 0 Å². The van der Waals surface area contributed by atoms with Crippen molar-refractivity contribution in [2.24, 2.45) is 0 Å². The Morgan fingerprint density at radius 2 is 0.861 bits per heavy atom. The smallest absolute Gasteiger partial charge is 0.261 e. The van der Waals surface area contributed by atoms with E-state index >= 15 is 0 Å². The Labute approximate surface area is 187 Å². The lowest BCUT2D eigenvalue weighted by atomic mass is 9.91. The van der Waals surface area contributed by atoms with Crippen LogP contribution in [-0.2, 0) is 20.9 Å². The molecule has 0 spiro atoms. The average Bonchev–Trinajstić information content (AvgIpc) is 2.71. The highest BCUT2D eigenvalue weighted by molar-refractivity contribution is 7.87. The fourth-order valence-electron chi connectivity index (χ4n) is 2.10. The second-order valence-electron chi connectivity index (χ2n) is 6.66. The fraction of sp³-hybridized carbons (Fsp3) is 0.600. The lowest BCUT2D eigenvalue weighted by Crippen LogP contribution is -2.75. The average molecular weight is 590 g/mol. The van der Waals surface area contributed by atoms with Gasteiger partial charge in [-0.3, -0.25) is 4.18 Å². The third kappa shape index (κ3) is 4.34. The maximum absolute atomic E-state index is 13.8. The van der Waals surface area contributed by atoms with E-state index in [2.05, 4.69) is 4.18 Å². The minimum Gasteiger partial charge on any atom is -0.261 e. The van der Waals surface area contributed by atoms with Gasteiger partial charge in [0, 0.05) is 0 Å². The van der Waals surface area contributed by atoms with Crippen molar-refractivity contribution >= 4 is 10.1 Å². The number of hydrogen-bond donors (Lipinski definition) is 0. The van der Waals surface area contributed by atoms with E-state index < -0.39 is 69.3 Å². The van der Waals surface area contributed by atoms with E-state index in [1.54, 1.807) is 0 Å². The summed E-state index contributed by atoms with van der Waals surface area (Å²) in [5.74, 6) is -51.8. The monoisotopic (exact) mass is 590 g/mol. The summed E-state index contributed by atoms with van der Waals surface area (Å²) in [4.78, 5) is 0. The van der Waals surface area contributed by atoms with E-state index in [9.17, 15) is 83.1 Å². The van der Waals surface area contributed by atoms with Crippen molar-refractivity contribution in [1.82, 2.24) is 0 Å². The van der Waals surface area contributed by atoms with E-state index in [-0.39, 0.29) is 0 Å². The summed E-state index contributed by atoms with van der Waals surface area (Å²) in [7, 11) is -7.55. The van der Waals surface area contributed by atoms with Crippen LogP contribution in [0.4, 0.5) is 74.6 Å². The molecule has 0 aliphatic carbocycles. The Morgan fingerprint density at radius 1 is 0.528 bits per heavy atom. The van der Waals surface area contributed by atoms with Crippen LogP contribution in [0.1, 0.15) is 5.56 Å². The number of halogens is 17. The van der Waals surface area contributed by atoms with E-state index in [0.29, 0.717) is 0 Å². The molecule has 1 aromatic carbocycles. The van der Waals surface area contributed by atoms with Crippen LogP contribution >= 0.6 is 0 Å². The number of benzene rings is 1. The molecule has 0 unspecified atom stereocenters. The van der Waals surface area contributed by atoms with Crippen LogP contribution in [0.5, 0.6) is 0 Å². The molecule has 0 bridgehead atoms. The molecule has 1 rings (SSSR count). The molecule has 1 aromatic rings. The minimum absolute atomic E-state index is 0.474. The van der Waals surface area contributed by atoms with Gasteiger partial charge in [-0.1, -0.05) is 30.3 Å². The molecular weight excluding hydrogens is 583 g/mol. The molecule has 0 saturated heterocycles. The van der Waals surface area contributed by atoms with Crippen LogP contribution in [0.2, 0.25) is 0 Å². The minimum atomic E-state index is -8.87. The summed E-state index contributed by atoms with van der Waals surface area (Å²) in [5.41, 5.74) is -0.474. The number of rotatable bonds is 10. The number of alkyl halides is 17. The van der Waals surface area contributed by atoms with Gasteiger partial charge in [-0.25, -0.2) is 0 Å². The Hall–Kier alpha value is -2.06. The van der Waals surface area contributed by atoms with Gasteiger partial charge in [-0.2, -0.15) is 83.1 Å². The summed E-state index contributed by atoms with van der Waals surface area (Å²) < 4.78 is 250. The van der Waals surface area contributed by atoms with Crippen LogP contribution in [0.25, 0.3) is 0 Å². The van der Waals surface area contributed by atoms with Crippen LogP contribution in [-0.4, -0.2) is 55.4 Å². The second kappa shape index (κ2) is 8.76. The van der Waals surface area contributed by atoms with Gasteiger partial charge >= 0.3 is 57.1 Å². The zero-order valence-corrected chi connectivity index (χ0v) is 17.0.